The highest BCUT2D eigenvalue weighted by Gasteiger charge is 2.50. The van der Waals surface area contributed by atoms with Crippen molar-refractivity contribution in [2.45, 2.75) is 18.8 Å². The SMILES string of the molecule is O=C(NC(=O)c1c(F)cccc1F)Nc1ccc(Oc2ccc(OC(F)(F)C(F)OC(F)(F)F)cc2)cc1. The third kappa shape index (κ3) is 7.80. The maximum Gasteiger partial charge on any atom is 0.525 e. The number of carbonyl (C=O) groups is 2. The molecule has 3 aromatic rings. The standard InChI is InChI=1S/C23H14F8N2O5/c24-16-2-1-3-17(25)18(16)19(34)33-21(35)32-12-4-6-13(7-5-12)36-14-8-10-15(11-9-14)37-22(27,28)20(26)38-23(29,30)31/h1-11,20H,(H2,32,33,34,35). The Balaban J connectivity index is 1.54. The number of nitrogens with one attached hydrogen (secondary N) is 2. The van der Waals surface area contributed by atoms with Crippen LogP contribution in [0.5, 0.6) is 17.2 Å². The first-order valence-corrected chi connectivity index (χ1v) is 10.1. The third-order valence-corrected chi connectivity index (χ3v) is 4.34. The lowest BCUT2D eigenvalue weighted by Crippen LogP contribution is -2.41. The summed E-state index contributed by atoms with van der Waals surface area (Å²) in [4.78, 5) is 23.9. The zero-order chi connectivity index (χ0) is 28.1. The summed E-state index contributed by atoms with van der Waals surface area (Å²) in [5, 5.41) is 4.02. The Morgan fingerprint density at radius 2 is 1.26 bits per heavy atom. The highest BCUT2D eigenvalue weighted by atomic mass is 19.4. The predicted octanol–water partition coefficient (Wildman–Crippen LogP) is 6.52. The Kier molecular flexibility index (Phi) is 8.40. The number of alkyl halides is 6. The van der Waals surface area contributed by atoms with Gasteiger partial charge in [-0.25, -0.2) is 22.7 Å². The molecule has 0 spiro atoms. The summed E-state index contributed by atoms with van der Waals surface area (Å²) in [5.74, 6) is -4.09. The van der Waals surface area contributed by atoms with Gasteiger partial charge in [-0.3, -0.25) is 10.1 Å². The number of carbonyl (C=O) groups excluding carboxylic acids is 2. The van der Waals surface area contributed by atoms with Crippen molar-refractivity contribution in [3.63, 3.8) is 0 Å². The molecular formula is C23H14F8N2O5. The molecule has 2 N–H and O–H groups in total. The van der Waals surface area contributed by atoms with Crippen LogP contribution >= 0.6 is 0 Å². The van der Waals surface area contributed by atoms with Gasteiger partial charge in [-0.15, -0.1) is 13.2 Å². The minimum Gasteiger partial charge on any atom is -0.457 e. The van der Waals surface area contributed by atoms with E-state index in [-0.39, 0.29) is 17.2 Å². The lowest BCUT2D eigenvalue weighted by molar-refractivity contribution is -0.411. The highest BCUT2D eigenvalue weighted by molar-refractivity contribution is 6.08. The number of halogens is 8. The van der Waals surface area contributed by atoms with Crippen molar-refractivity contribution in [2.24, 2.45) is 0 Å². The minimum absolute atomic E-state index is 0.0555. The Hall–Kier alpha value is -4.40. The largest absolute Gasteiger partial charge is 0.525 e. The molecular weight excluding hydrogens is 536 g/mol. The van der Waals surface area contributed by atoms with Gasteiger partial charge in [-0.2, -0.15) is 8.78 Å². The van der Waals surface area contributed by atoms with Gasteiger partial charge in [0, 0.05) is 5.69 Å². The van der Waals surface area contributed by atoms with Crippen LogP contribution in [0.15, 0.2) is 66.7 Å². The van der Waals surface area contributed by atoms with Gasteiger partial charge in [0.15, 0.2) is 0 Å². The quantitative estimate of drug-likeness (QED) is 0.312. The first-order valence-electron chi connectivity index (χ1n) is 10.1. The number of rotatable bonds is 8. The number of hydrogen-bond acceptors (Lipinski definition) is 5. The third-order valence-electron chi connectivity index (χ3n) is 4.34. The Labute approximate surface area is 207 Å². The second-order valence-electron chi connectivity index (χ2n) is 7.15. The molecule has 0 saturated heterocycles. The van der Waals surface area contributed by atoms with Crippen molar-refractivity contribution in [3.05, 3.63) is 83.9 Å². The zero-order valence-corrected chi connectivity index (χ0v) is 18.5. The van der Waals surface area contributed by atoms with Gasteiger partial charge in [0.05, 0.1) is 0 Å². The van der Waals surface area contributed by atoms with Crippen LogP contribution in [0.4, 0.5) is 45.6 Å². The van der Waals surface area contributed by atoms with Crippen LogP contribution in [0, 0.1) is 11.6 Å². The molecule has 0 aliphatic heterocycles. The van der Waals surface area contributed by atoms with Crippen molar-refractivity contribution in [2.75, 3.05) is 5.32 Å². The zero-order valence-electron chi connectivity index (χ0n) is 18.5. The number of hydrogen-bond donors (Lipinski definition) is 2. The fourth-order valence-electron chi connectivity index (χ4n) is 2.75. The van der Waals surface area contributed by atoms with E-state index in [4.69, 9.17) is 4.74 Å². The van der Waals surface area contributed by atoms with Crippen LogP contribution in [0.1, 0.15) is 10.4 Å². The first-order chi connectivity index (χ1) is 17.7. The fourth-order valence-corrected chi connectivity index (χ4v) is 2.75. The van der Waals surface area contributed by atoms with E-state index in [2.05, 4.69) is 14.8 Å². The molecule has 202 valence electrons. The highest BCUT2D eigenvalue weighted by Crippen LogP contribution is 2.33. The number of urea groups is 1. The van der Waals surface area contributed by atoms with Crippen LogP contribution in [0.2, 0.25) is 0 Å². The van der Waals surface area contributed by atoms with Crippen LogP contribution in [0.25, 0.3) is 0 Å². The summed E-state index contributed by atoms with van der Waals surface area (Å²) in [5.41, 5.74) is -0.796. The van der Waals surface area contributed by atoms with Gasteiger partial charge in [0.25, 0.3) is 5.91 Å². The maximum absolute atomic E-state index is 13.6. The number of amides is 3. The molecule has 1 unspecified atom stereocenters. The van der Waals surface area contributed by atoms with Gasteiger partial charge in [-0.05, 0) is 60.7 Å². The van der Waals surface area contributed by atoms with E-state index in [1.165, 1.54) is 24.3 Å². The summed E-state index contributed by atoms with van der Waals surface area (Å²) in [6.45, 7) is 0. The van der Waals surface area contributed by atoms with Crippen LogP contribution in [-0.2, 0) is 4.74 Å². The molecule has 7 nitrogen and oxygen atoms in total. The number of imide groups is 1. The second-order valence-corrected chi connectivity index (χ2v) is 7.15. The summed E-state index contributed by atoms with van der Waals surface area (Å²) in [7, 11) is 0. The number of ether oxygens (including phenoxy) is 3. The molecule has 0 fully saturated rings. The lowest BCUT2D eigenvalue weighted by Gasteiger charge is -2.22. The molecule has 0 aliphatic rings. The average molecular weight is 550 g/mol. The fraction of sp³-hybridized carbons (Fsp3) is 0.130. The molecule has 3 rings (SSSR count). The minimum atomic E-state index is -5.64. The molecule has 0 aromatic heterocycles. The average Bonchev–Trinajstić information content (AvgIpc) is 2.80. The van der Waals surface area contributed by atoms with E-state index in [1.807, 2.05) is 0 Å². The molecule has 38 heavy (non-hydrogen) atoms. The lowest BCUT2D eigenvalue weighted by atomic mass is 10.2. The van der Waals surface area contributed by atoms with Crippen LogP contribution in [-0.4, -0.2) is 30.8 Å². The molecule has 0 saturated carbocycles. The number of anilines is 1. The van der Waals surface area contributed by atoms with Crippen molar-refractivity contribution in [3.8, 4) is 17.2 Å². The molecule has 3 amide bonds. The van der Waals surface area contributed by atoms with Crippen molar-refractivity contribution in [1.29, 1.82) is 0 Å². The normalized spacial score (nSPS) is 12.4. The van der Waals surface area contributed by atoms with E-state index in [1.54, 1.807) is 5.32 Å². The molecule has 0 radical (unpaired) electrons. The van der Waals surface area contributed by atoms with Gasteiger partial charge < -0.3 is 14.8 Å². The summed E-state index contributed by atoms with van der Waals surface area (Å²) in [6, 6.07) is 10.9. The molecule has 0 bridgehead atoms. The molecule has 15 heteroatoms. The summed E-state index contributed by atoms with van der Waals surface area (Å²) < 4.78 is 115. The van der Waals surface area contributed by atoms with Crippen molar-refractivity contribution >= 4 is 17.6 Å². The predicted molar refractivity (Wildman–Crippen MR) is 113 cm³/mol. The number of benzene rings is 3. The Morgan fingerprint density at radius 3 is 1.79 bits per heavy atom. The second kappa shape index (κ2) is 11.3. The summed E-state index contributed by atoms with van der Waals surface area (Å²) >= 11 is 0. The molecule has 3 aromatic carbocycles. The van der Waals surface area contributed by atoms with E-state index >= 15 is 0 Å². The Morgan fingerprint density at radius 1 is 0.763 bits per heavy atom. The van der Waals surface area contributed by atoms with Crippen molar-refractivity contribution in [1.82, 2.24) is 5.32 Å². The Bertz CT molecular complexity index is 1260. The van der Waals surface area contributed by atoms with Gasteiger partial charge >= 0.3 is 24.9 Å². The monoisotopic (exact) mass is 550 g/mol. The van der Waals surface area contributed by atoms with Crippen molar-refractivity contribution < 1.29 is 58.9 Å². The van der Waals surface area contributed by atoms with E-state index in [0.29, 0.717) is 0 Å². The van der Waals surface area contributed by atoms with Gasteiger partial charge in [0.1, 0.15) is 34.4 Å². The smallest absolute Gasteiger partial charge is 0.457 e. The van der Waals surface area contributed by atoms with E-state index in [9.17, 15) is 44.7 Å². The molecule has 0 aliphatic carbocycles. The van der Waals surface area contributed by atoms with Crippen LogP contribution in [0.3, 0.4) is 0 Å². The topological polar surface area (TPSA) is 85.9 Å². The van der Waals surface area contributed by atoms with Gasteiger partial charge in [0.2, 0.25) is 0 Å². The van der Waals surface area contributed by atoms with Crippen LogP contribution < -0.4 is 20.1 Å². The van der Waals surface area contributed by atoms with E-state index < -0.39 is 53.7 Å². The van der Waals surface area contributed by atoms with Gasteiger partial charge in [-0.1, -0.05) is 6.07 Å². The molecule has 0 heterocycles. The maximum atomic E-state index is 13.6. The summed E-state index contributed by atoms with van der Waals surface area (Å²) in [6.07, 6.45) is -14.7. The molecule has 1 atom stereocenters. The first kappa shape index (κ1) is 28.2. The van der Waals surface area contributed by atoms with E-state index in [0.717, 1.165) is 42.5 Å².